The first kappa shape index (κ1) is 12.7. The summed E-state index contributed by atoms with van der Waals surface area (Å²) in [6, 6.07) is 0. The molecule has 0 aromatic rings. The van der Waals surface area contributed by atoms with E-state index in [0.29, 0.717) is 13.2 Å². The van der Waals surface area contributed by atoms with Gasteiger partial charge in [0.2, 0.25) is 0 Å². The molecule has 0 aromatic carbocycles. The summed E-state index contributed by atoms with van der Waals surface area (Å²) in [5, 5.41) is 1.92. The van der Waals surface area contributed by atoms with Gasteiger partial charge in [-0.05, 0) is 49.4 Å². The van der Waals surface area contributed by atoms with E-state index in [4.69, 9.17) is 20.9 Å². The summed E-state index contributed by atoms with van der Waals surface area (Å²) in [5.41, 5.74) is -2.07. The van der Waals surface area contributed by atoms with Crippen molar-refractivity contribution in [3.63, 3.8) is 0 Å². The Morgan fingerprint density at radius 3 is 2.17 bits per heavy atom. The van der Waals surface area contributed by atoms with Gasteiger partial charge >= 0.3 is 0 Å². The molecule has 0 rings (SSSR count). The molecular formula is C7H15O2PS2. The normalized spacial score (nSPS) is 12.6. The molecule has 12 heavy (non-hydrogen) atoms. The second-order valence-electron chi connectivity index (χ2n) is 1.86. The van der Waals surface area contributed by atoms with Crippen LogP contribution in [0.2, 0.25) is 0 Å². The Balaban J connectivity index is 4.08. The second-order valence-corrected chi connectivity index (χ2v) is 7.96. The van der Waals surface area contributed by atoms with Gasteiger partial charge in [0.15, 0.2) is 0 Å². The van der Waals surface area contributed by atoms with Gasteiger partial charge in [-0.15, -0.1) is 0 Å². The molecule has 0 bridgehead atoms. The van der Waals surface area contributed by atoms with Crippen LogP contribution >= 0.6 is 17.1 Å². The Morgan fingerprint density at radius 1 is 1.33 bits per heavy atom. The smallest absolute Gasteiger partial charge is 0.251 e. The Labute approximate surface area is 83.6 Å². The average Bonchev–Trinajstić information content (AvgIpc) is 2.02. The van der Waals surface area contributed by atoms with Gasteiger partial charge in [-0.25, -0.2) is 0 Å². The summed E-state index contributed by atoms with van der Waals surface area (Å²) in [7, 11) is 0. The van der Waals surface area contributed by atoms with Crippen molar-refractivity contribution in [1.29, 1.82) is 0 Å². The van der Waals surface area contributed by atoms with Crippen molar-refractivity contribution in [3.8, 4) is 0 Å². The van der Waals surface area contributed by atoms with Crippen molar-refractivity contribution in [2.24, 2.45) is 0 Å². The largest absolute Gasteiger partial charge is 0.322 e. The van der Waals surface area contributed by atoms with E-state index in [1.165, 1.54) is 11.4 Å². The predicted octanol–water partition coefficient (Wildman–Crippen LogP) is 3.55. The molecule has 0 spiro atoms. The lowest BCUT2D eigenvalue weighted by Gasteiger charge is -2.17. The number of hydrogen-bond donors (Lipinski definition) is 0. The Morgan fingerprint density at radius 2 is 1.83 bits per heavy atom. The third-order valence-corrected chi connectivity index (χ3v) is 5.88. The highest BCUT2D eigenvalue weighted by molar-refractivity contribution is 8.69. The molecule has 0 atom stereocenters. The lowest BCUT2D eigenvalue weighted by molar-refractivity contribution is 0.281. The van der Waals surface area contributed by atoms with Crippen LogP contribution in [-0.4, -0.2) is 13.2 Å². The van der Waals surface area contributed by atoms with E-state index in [1.807, 2.05) is 32.3 Å². The topological polar surface area (TPSA) is 18.5 Å². The summed E-state index contributed by atoms with van der Waals surface area (Å²) >= 11 is 6.72. The Kier molecular flexibility index (Phi) is 7.49. The Hall–Kier alpha value is 0.660. The van der Waals surface area contributed by atoms with E-state index >= 15 is 0 Å². The van der Waals surface area contributed by atoms with Crippen LogP contribution in [0.5, 0.6) is 0 Å². The molecule has 0 aliphatic heterocycles. The quantitative estimate of drug-likeness (QED) is 0.644. The van der Waals surface area contributed by atoms with Gasteiger partial charge in [0.25, 0.3) is 5.69 Å². The molecule has 0 heterocycles. The molecule has 0 fully saturated rings. The zero-order chi connectivity index (χ0) is 9.45. The Bertz CT molecular complexity index is 172. The fourth-order valence-electron chi connectivity index (χ4n) is 0.550. The van der Waals surface area contributed by atoms with Crippen molar-refractivity contribution in [1.82, 2.24) is 0 Å². The van der Waals surface area contributed by atoms with Crippen LogP contribution in [0, 0.1) is 0 Å². The SMILES string of the molecule is CC=CSP(=S)(OCC)OCC. The zero-order valence-corrected chi connectivity index (χ0v) is 10.2. The molecular weight excluding hydrogens is 211 g/mol. The van der Waals surface area contributed by atoms with E-state index in [9.17, 15) is 0 Å². The van der Waals surface area contributed by atoms with E-state index in [2.05, 4.69) is 0 Å². The van der Waals surface area contributed by atoms with Crippen molar-refractivity contribution in [3.05, 3.63) is 11.5 Å². The molecule has 0 aliphatic carbocycles. The third kappa shape index (κ3) is 5.33. The van der Waals surface area contributed by atoms with Crippen molar-refractivity contribution in [2.45, 2.75) is 20.8 Å². The van der Waals surface area contributed by atoms with Crippen molar-refractivity contribution in [2.75, 3.05) is 13.2 Å². The molecule has 0 N–H and O–H groups in total. The minimum absolute atomic E-state index is 0.613. The van der Waals surface area contributed by atoms with Crippen molar-refractivity contribution >= 4 is 28.9 Å². The van der Waals surface area contributed by atoms with Crippen LogP contribution in [0.3, 0.4) is 0 Å². The predicted molar refractivity (Wildman–Crippen MR) is 59.9 cm³/mol. The van der Waals surface area contributed by atoms with E-state index in [-0.39, 0.29) is 0 Å². The van der Waals surface area contributed by atoms with Crippen LogP contribution in [0.25, 0.3) is 0 Å². The average molecular weight is 226 g/mol. The summed E-state index contributed by atoms with van der Waals surface area (Å²) in [4.78, 5) is 0. The van der Waals surface area contributed by atoms with Crippen LogP contribution < -0.4 is 0 Å². The maximum absolute atomic E-state index is 5.39. The molecule has 0 saturated heterocycles. The van der Waals surface area contributed by atoms with Crippen LogP contribution in [0.1, 0.15) is 20.8 Å². The van der Waals surface area contributed by atoms with Gasteiger partial charge in [-0.3, -0.25) is 0 Å². The maximum Gasteiger partial charge on any atom is 0.251 e. The summed E-state index contributed by atoms with van der Waals surface area (Å²) in [6.07, 6.45) is 1.93. The lowest BCUT2D eigenvalue weighted by Crippen LogP contribution is -1.90. The molecule has 0 amide bonds. The number of allylic oxidation sites excluding steroid dienone is 1. The van der Waals surface area contributed by atoms with Gasteiger partial charge < -0.3 is 9.05 Å². The van der Waals surface area contributed by atoms with Gasteiger partial charge in [0, 0.05) is 0 Å². The highest BCUT2D eigenvalue weighted by Crippen LogP contribution is 2.61. The minimum atomic E-state index is -2.07. The lowest BCUT2D eigenvalue weighted by atomic mass is 10.8. The standard InChI is InChI=1S/C7H15O2PS2/c1-4-7-12-10(11,8-5-2)9-6-3/h4,7H,5-6H2,1-3H3. The number of rotatable bonds is 6. The molecule has 0 radical (unpaired) electrons. The van der Waals surface area contributed by atoms with Crippen LogP contribution in [0.4, 0.5) is 0 Å². The first-order valence-electron chi connectivity index (χ1n) is 3.87. The molecule has 72 valence electrons. The van der Waals surface area contributed by atoms with E-state index < -0.39 is 5.69 Å². The summed E-state index contributed by atoms with van der Waals surface area (Å²) in [6.45, 7) is 7.03. The molecule has 2 nitrogen and oxygen atoms in total. The molecule has 0 saturated carbocycles. The van der Waals surface area contributed by atoms with Crippen molar-refractivity contribution < 1.29 is 9.05 Å². The molecule has 5 heteroatoms. The van der Waals surface area contributed by atoms with E-state index in [0.717, 1.165) is 0 Å². The van der Waals surface area contributed by atoms with Crippen LogP contribution in [-0.2, 0) is 20.9 Å². The maximum atomic E-state index is 5.39. The number of hydrogen-bond acceptors (Lipinski definition) is 4. The molecule has 0 aliphatic rings. The fourth-order valence-corrected chi connectivity index (χ4v) is 4.54. The van der Waals surface area contributed by atoms with Gasteiger partial charge in [0.05, 0.1) is 13.2 Å². The summed E-state index contributed by atoms with van der Waals surface area (Å²) < 4.78 is 10.8. The second kappa shape index (κ2) is 7.10. The van der Waals surface area contributed by atoms with Gasteiger partial charge in [-0.1, -0.05) is 6.08 Å². The van der Waals surface area contributed by atoms with Gasteiger partial charge in [-0.2, -0.15) is 0 Å². The zero-order valence-electron chi connectivity index (χ0n) is 7.65. The molecule has 0 unspecified atom stereocenters. The summed E-state index contributed by atoms with van der Waals surface area (Å²) in [5.74, 6) is 0. The fraction of sp³-hybridized carbons (Fsp3) is 0.714. The third-order valence-electron chi connectivity index (χ3n) is 0.900. The first-order valence-corrected chi connectivity index (χ1v) is 7.99. The minimum Gasteiger partial charge on any atom is -0.322 e. The monoisotopic (exact) mass is 226 g/mol. The van der Waals surface area contributed by atoms with E-state index in [1.54, 1.807) is 0 Å². The molecule has 0 aromatic heterocycles. The highest BCUT2D eigenvalue weighted by Gasteiger charge is 2.16. The van der Waals surface area contributed by atoms with Crippen LogP contribution in [0.15, 0.2) is 11.5 Å². The first-order chi connectivity index (χ1) is 5.68. The highest BCUT2D eigenvalue weighted by atomic mass is 32.9. The van der Waals surface area contributed by atoms with Gasteiger partial charge in [0.1, 0.15) is 0 Å².